The standard InChI is InChI=1S/C18H28N2O6/c1-5-25-17(24)12-11-6-7-18(26-11)13(12)16(23)20(10(4)8-21)14(18)15(22)19-9(2)3/h9-14,21H,5-8H2,1-4H3,(H,19,22)/t10-,11+,12-,13+,14?,18?/m1/s1. The number of aliphatic hydroxyl groups is 1. The Kier molecular flexibility index (Phi) is 5.00. The number of aliphatic hydroxyl groups excluding tert-OH is 1. The van der Waals surface area contributed by atoms with Gasteiger partial charge < -0.3 is 24.8 Å². The summed E-state index contributed by atoms with van der Waals surface area (Å²) in [5, 5.41) is 12.5. The molecule has 1 spiro atoms. The Hall–Kier alpha value is -1.67. The highest BCUT2D eigenvalue weighted by molar-refractivity contribution is 5.98. The molecular weight excluding hydrogens is 340 g/mol. The number of carbonyl (C=O) groups excluding carboxylic acids is 3. The number of nitrogens with one attached hydrogen (secondary N) is 1. The topological polar surface area (TPSA) is 105 Å². The van der Waals surface area contributed by atoms with E-state index in [4.69, 9.17) is 9.47 Å². The Morgan fingerprint density at radius 1 is 1.42 bits per heavy atom. The van der Waals surface area contributed by atoms with Crippen molar-refractivity contribution in [1.82, 2.24) is 10.2 Å². The van der Waals surface area contributed by atoms with E-state index in [1.165, 1.54) is 4.90 Å². The maximum absolute atomic E-state index is 13.2. The van der Waals surface area contributed by atoms with E-state index in [1.807, 2.05) is 13.8 Å². The summed E-state index contributed by atoms with van der Waals surface area (Å²) >= 11 is 0. The van der Waals surface area contributed by atoms with Gasteiger partial charge in [0.2, 0.25) is 11.8 Å². The Labute approximate surface area is 153 Å². The summed E-state index contributed by atoms with van der Waals surface area (Å²) in [5.74, 6) is -2.49. The van der Waals surface area contributed by atoms with Gasteiger partial charge >= 0.3 is 5.97 Å². The molecule has 0 aliphatic carbocycles. The molecule has 0 aromatic rings. The molecule has 8 nitrogen and oxygen atoms in total. The Balaban J connectivity index is 2.02. The van der Waals surface area contributed by atoms with Crippen molar-refractivity contribution in [3.05, 3.63) is 0 Å². The fourth-order valence-corrected chi connectivity index (χ4v) is 4.82. The quantitative estimate of drug-likeness (QED) is 0.631. The number of carbonyl (C=O) groups is 3. The number of ether oxygens (including phenoxy) is 2. The van der Waals surface area contributed by atoms with E-state index in [0.29, 0.717) is 12.8 Å². The van der Waals surface area contributed by atoms with Gasteiger partial charge in [-0.3, -0.25) is 14.4 Å². The Morgan fingerprint density at radius 3 is 2.69 bits per heavy atom. The Bertz CT molecular complexity index is 608. The summed E-state index contributed by atoms with van der Waals surface area (Å²) in [7, 11) is 0. The number of fused-ring (bicyclic) bond motifs is 1. The van der Waals surface area contributed by atoms with Gasteiger partial charge in [0.15, 0.2) is 0 Å². The molecule has 0 aromatic heterocycles. The zero-order valence-electron chi connectivity index (χ0n) is 15.7. The second kappa shape index (κ2) is 6.81. The summed E-state index contributed by atoms with van der Waals surface area (Å²) in [6, 6.07) is -1.50. The molecule has 0 saturated carbocycles. The predicted octanol–water partition coefficient (Wildman–Crippen LogP) is -0.170. The third-order valence-electron chi connectivity index (χ3n) is 5.72. The molecular formula is C18H28N2O6. The molecule has 2 unspecified atom stereocenters. The molecule has 3 saturated heterocycles. The molecule has 6 atom stereocenters. The van der Waals surface area contributed by atoms with Crippen LogP contribution in [0.1, 0.15) is 40.5 Å². The molecule has 0 aromatic carbocycles. The number of rotatable bonds is 6. The van der Waals surface area contributed by atoms with Crippen molar-refractivity contribution in [3.8, 4) is 0 Å². The molecule has 3 fully saturated rings. The minimum atomic E-state index is -1.03. The van der Waals surface area contributed by atoms with Crippen LogP contribution in [-0.4, -0.2) is 70.8 Å². The van der Waals surface area contributed by atoms with Gasteiger partial charge in [0.25, 0.3) is 0 Å². The van der Waals surface area contributed by atoms with Crippen LogP contribution in [-0.2, 0) is 23.9 Å². The summed E-state index contributed by atoms with van der Waals surface area (Å²) in [6.07, 6.45) is 0.749. The highest BCUT2D eigenvalue weighted by Gasteiger charge is 2.75. The molecule has 3 aliphatic heterocycles. The molecule has 2 N–H and O–H groups in total. The third kappa shape index (κ3) is 2.62. The maximum Gasteiger partial charge on any atom is 0.312 e. The highest BCUT2D eigenvalue weighted by atomic mass is 16.6. The summed E-state index contributed by atoms with van der Waals surface area (Å²) in [5.41, 5.74) is -1.03. The van der Waals surface area contributed by atoms with E-state index in [2.05, 4.69) is 5.32 Å². The van der Waals surface area contributed by atoms with E-state index >= 15 is 0 Å². The first-order chi connectivity index (χ1) is 12.3. The smallest absolute Gasteiger partial charge is 0.312 e. The first-order valence-corrected chi connectivity index (χ1v) is 9.36. The van der Waals surface area contributed by atoms with Crippen LogP contribution in [0.15, 0.2) is 0 Å². The van der Waals surface area contributed by atoms with Crippen LogP contribution in [0.3, 0.4) is 0 Å². The molecule has 2 bridgehead atoms. The van der Waals surface area contributed by atoms with Crippen LogP contribution in [0.25, 0.3) is 0 Å². The number of hydrogen-bond acceptors (Lipinski definition) is 6. The predicted molar refractivity (Wildman–Crippen MR) is 90.9 cm³/mol. The van der Waals surface area contributed by atoms with Crippen molar-refractivity contribution in [2.75, 3.05) is 13.2 Å². The van der Waals surface area contributed by atoms with Crippen LogP contribution in [0.4, 0.5) is 0 Å². The number of amides is 2. The van der Waals surface area contributed by atoms with Crippen molar-refractivity contribution in [3.63, 3.8) is 0 Å². The van der Waals surface area contributed by atoms with E-state index in [-0.39, 0.29) is 31.1 Å². The van der Waals surface area contributed by atoms with Crippen LogP contribution in [0, 0.1) is 11.8 Å². The van der Waals surface area contributed by atoms with Gasteiger partial charge in [0.1, 0.15) is 11.6 Å². The lowest BCUT2D eigenvalue weighted by Gasteiger charge is -2.35. The lowest BCUT2D eigenvalue weighted by atomic mass is 9.70. The van der Waals surface area contributed by atoms with Gasteiger partial charge in [-0.05, 0) is 40.5 Å². The first kappa shape index (κ1) is 19.1. The maximum atomic E-state index is 13.2. The van der Waals surface area contributed by atoms with Gasteiger partial charge in [-0.2, -0.15) is 0 Å². The highest BCUT2D eigenvalue weighted by Crippen LogP contribution is 2.58. The van der Waals surface area contributed by atoms with Gasteiger partial charge in [-0.25, -0.2) is 0 Å². The second-order valence-corrected chi connectivity index (χ2v) is 7.75. The molecule has 146 valence electrons. The van der Waals surface area contributed by atoms with Crippen molar-refractivity contribution in [2.45, 2.75) is 70.4 Å². The molecule has 3 aliphatic rings. The summed E-state index contributed by atoms with van der Waals surface area (Å²) < 4.78 is 11.3. The van der Waals surface area contributed by atoms with Crippen molar-refractivity contribution in [2.24, 2.45) is 11.8 Å². The molecule has 0 radical (unpaired) electrons. The van der Waals surface area contributed by atoms with E-state index in [0.717, 1.165) is 0 Å². The number of hydrogen-bond donors (Lipinski definition) is 2. The van der Waals surface area contributed by atoms with Crippen molar-refractivity contribution < 1.29 is 29.0 Å². The zero-order valence-corrected chi connectivity index (χ0v) is 15.7. The average Bonchev–Trinajstić information content (AvgIpc) is 3.21. The van der Waals surface area contributed by atoms with E-state index < -0.39 is 41.6 Å². The van der Waals surface area contributed by atoms with Gasteiger partial charge in [-0.1, -0.05) is 0 Å². The van der Waals surface area contributed by atoms with Crippen LogP contribution >= 0.6 is 0 Å². The lowest BCUT2D eigenvalue weighted by molar-refractivity contribution is -0.155. The van der Waals surface area contributed by atoms with E-state index in [1.54, 1.807) is 13.8 Å². The monoisotopic (exact) mass is 368 g/mol. The number of likely N-dealkylation sites (tertiary alicyclic amines) is 1. The van der Waals surface area contributed by atoms with Gasteiger partial charge in [-0.15, -0.1) is 0 Å². The van der Waals surface area contributed by atoms with E-state index in [9.17, 15) is 19.5 Å². The fraction of sp³-hybridized carbons (Fsp3) is 0.833. The molecule has 3 heterocycles. The first-order valence-electron chi connectivity index (χ1n) is 9.36. The van der Waals surface area contributed by atoms with Gasteiger partial charge in [0.05, 0.1) is 37.2 Å². The van der Waals surface area contributed by atoms with Crippen molar-refractivity contribution in [1.29, 1.82) is 0 Å². The van der Waals surface area contributed by atoms with Crippen LogP contribution < -0.4 is 5.32 Å². The van der Waals surface area contributed by atoms with Gasteiger partial charge in [0, 0.05) is 6.04 Å². The summed E-state index contributed by atoms with van der Waals surface area (Å²) in [4.78, 5) is 40.1. The second-order valence-electron chi connectivity index (χ2n) is 7.75. The third-order valence-corrected chi connectivity index (χ3v) is 5.72. The SMILES string of the molecule is CCOC(=O)[C@@H]1[C@@H]2CCC3(O2)C(C(=O)NC(C)C)N([C@H](C)CO)C(=O)[C@H]13. The number of esters is 1. The average molecular weight is 368 g/mol. The van der Waals surface area contributed by atoms with Crippen LogP contribution in [0.5, 0.6) is 0 Å². The minimum absolute atomic E-state index is 0.0983. The molecule has 2 amide bonds. The molecule has 8 heteroatoms. The fourth-order valence-electron chi connectivity index (χ4n) is 4.82. The lowest BCUT2D eigenvalue weighted by Crippen LogP contribution is -2.58. The molecule has 3 rings (SSSR count). The zero-order chi connectivity index (χ0) is 19.2. The Morgan fingerprint density at radius 2 is 2.12 bits per heavy atom. The normalized spacial score (nSPS) is 36.4. The van der Waals surface area contributed by atoms with Crippen LogP contribution in [0.2, 0.25) is 0 Å². The minimum Gasteiger partial charge on any atom is -0.466 e. The number of nitrogens with zero attached hydrogens (tertiary/aromatic N) is 1. The molecule has 26 heavy (non-hydrogen) atoms. The van der Waals surface area contributed by atoms with Crippen molar-refractivity contribution >= 4 is 17.8 Å². The largest absolute Gasteiger partial charge is 0.466 e. The summed E-state index contributed by atoms with van der Waals surface area (Å²) in [6.45, 7) is 7.06.